The number of hydrogen-bond acceptors (Lipinski definition) is 7. The number of carbonyl (C=O) groups excluding carboxylic acids is 2. The first-order valence-corrected chi connectivity index (χ1v) is 10.1. The SMILES string of the molecule is COc1ccc([C@@H]2CC(=O)C3=C(C2)NC(=O)C[C@@H]3c2cc(OC)c(O)c([N+](=O)[O-])c2)cc1. The van der Waals surface area contributed by atoms with Crippen LogP contribution in [0, 0.1) is 10.1 Å². The van der Waals surface area contributed by atoms with Crippen molar-refractivity contribution in [3.05, 3.63) is 68.9 Å². The zero-order valence-corrected chi connectivity index (χ0v) is 17.6. The van der Waals surface area contributed by atoms with Crippen molar-refractivity contribution in [2.45, 2.75) is 31.1 Å². The Kier molecular flexibility index (Phi) is 5.56. The fourth-order valence-electron chi connectivity index (χ4n) is 4.47. The molecule has 1 heterocycles. The summed E-state index contributed by atoms with van der Waals surface area (Å²) >= 11 is 0. The standard InChI is InChI=1S/C23H22N2O7/c1-31-15-5-3-12(4-6-15)13-7-17-22(19(26)9-13)16(11-21(27)24-17)14-8-18(25(29)30)23(28)20(10-14)32-2/h3-6,8,10,13,16,28H,7,9,11H2,1-2H3,(H,24,27)/t13-,16+/m0/s1. The first kappa shape index (κ1) is 21.4. The number of ether oxygens (including phenoxy) is 2. The molecule has 0 bridgehead atoms. The monoisotopic (exact) mass is 438 g/mol. The zero-order chi connectivity index (χ0) is 23.0. The molecule has 1 amide bonds. The Morgan fingerprint density at radius 2 is 1.75 bits per heavy atom. The molecule has 9 nitrogen and oxygen atoms in total. The number of aromatic hydroxyl groups is 1. The van der Waals surface area contributed by atoms with Crippen LogP contribution < -0.4 is 14.8 Å². The summed E-state index contributed by atoms with van der Waals surface area (Å²) in [6.07, 6.45) is 0.699. The molecule has 1 aliphatic heterocycles. The van der Waals surface area contributed by atoms with Crippen molar-refractivity contribution in [2.24, 2.45) is 0 Å². The van der Waals surface area contributed by atoms with Gasteiger partial charge in [-0.1, -0.05) is 12.1 Å². The van der Waals surface area contributed by atoms with Crippen LogP contribution in [-0.2, 0) is 9.59 Å². The van der Waals surface area contributed by atoms with Gasteiger partial charge in [0.1, 0.15) is 5.75 Å². The number of phenolic OH excluding ortho intramolecular Hbond substituents is 1. The van der Waals surface area contributed by atoms with E-state index in [1.54, 1.807) is 7.11 Å². The lowest BCUT2D eigenvalue weighted by Gasteiger charge is -2.34. The molecule has 2 N–H and O–H groups in total. The molecule has 0 spiro atoms. The second-order valence-corrected chi connectivity index (χ2v) is 7.85. The third-order valence-corrected chi connectivity index (χ3v) is 6.02. The third-order valence-electron chi connectivity index (χ3n) is 6.02. The van der Waals surface area contributed by atoms with Gasteiger partial charge < -0.3 is 19.9 Å². The fraction of sp³-hybridized carbons (Fsp3) is 0.304. The van der Waals surface area contributed by atoms with Gasteiger partial charge in [0.05, 0.1) is 19.1 Å². The van der Waals surface area contributed by atoms with Crippen LogP contribution in [0.15, 0.2) is 47.7 Å². The summed E-state index contributed by atoms with van der Waals surface area (Å²) in [7, 11) is 2.86. The quantitative estimate of drug-likeness (QED) is 0.541. The van der Waals surface area contributed by atoms with Gasteiger partial charge in [0.2, 0.25) is 11.7 Å². The van der Waals surface area contributed by atoms with Gasteiger partial charge in [-0.15, -0.1) is 0 Å². The Bertz CT molecular complexity index is 1140. The number of nitro groups is 1. The number of amides is 1. The van der Waals surface area contributed by atoms with Crippen LogP contribution in [0.4, 0.5) is 5.69 Å². The maximum Gasteiger partial charge on any atom is 0.314 e. The molecule has 1 aliphatic carbocycles. The Balaban J connectivity index is 1.74. The summed E-state index contributed by atoms with van der Waals surface area (Å²) in [6.45, 7) is 0. The minimum atomic E-state index is -0.720. The van der Waals surface area contributed by atoms with Crippen molar-refractivity contribution in [3.63, 3.8) is 0 Å². The van der Waals surface area contributed by atoms with Crippen LogP contribution >= 0.6 is 0 Å². The van der Waals surface area contributed by atoms with Crippen molar-refractivity contribution in [1.82, 2.24) is 5.32 Å². The van der Waals surface area contributed by atoms with Gasteiger partial charge in [-0.3, -0.25) is 19.7 Å². The minimum Gasteiger partial charge on any atom is -0.500 e. The summed E-state index contributed by atoms with van der Waals surface area (Å²) in [5.74, 6) is -1.11. The van der Waals surface area contributed by atoms with Gasteiger partial charge in [-0.25, -0.2) is 0 Å². The van der Waals surface area contributed by atoms with Crippen molar-refractivity contribution in [1.29, 1.82) is 0 Å². The lowest BCUT2D eigenvalue weighted by atomic mass is 9.73. The van der Waals surface area contributed by atoms with Gasteiger partial charge in [0, 0.05) is 36.1 Å². The Morgan fingerprint density at radius 3 is 2.38 bits per heavy atom. The van der Waals surface area contributed by atoms with E-state index >= 15 is 0 Å². The smallest absolute Gasteiger partial charge is 0.314 e. The van der Waals surface area contributed by atoms with Gasteiger partial charge in [-0.05, 0) is 41.7 Å². The second kappa shape index (κ2) is 8.33. The van der Waals surface area contributed by atoms with Crippen LogP contribution in [0.2, 0.25) is 0 Å². The summed E-state index contributed by atoms with van der Waals surface area (Å²) < 4.78 is 10.3. The topological polar surface area (TPSA) is 128 Å². The van der Waals surface area contributed by atoms with Crippen molar-refractivity contribution < 1.29 is 29.1 Å². The van der Waals surface area contributed by atoms with Gasteiger partial charge >= 0.3 is 5.69 Å². The average Bonchev–Trinajstić information content (AvgIpc) is 2.78. The molecule has 166 valence electrons. The molecule has 32 heavy (non-hydrogen) atoms. The zero-order valence-electron chi connectivity index (χ0n) is 17.6. The number of nitrogens with one attached hydrogen (secondary N) is 1. The molecule has 2 aromatic carbocycles. The fourth-order valence-corrected chi connectivity index (χ4v) is 4.47. The van der Waals surface area contributed by atoms with E-state index in [-0.39, 0.29) is 36.2 Å². The van der Waals surface area contributed by atoms with Crippen LogP contribution in [-0.4, -0.2) is 35.9 Å². The summed E-state index contributed by atoms with van der Waals surface area (Å²) in [5.41, 5.74) is 1.80. The average molecular weight is 438 g/mol. The molecule has 0 aromatic heterocycles. The molecule has 0 fully saturated rings. The van der Waals surface area contributed by atoms with Crippen LogP contribution in [0.5, 0.6) is 17.2 Å². The Hall–Kier alpha value is -3.88. The Labute approximate surface area is 183 Å². The summed E-state index contributed by atoms with van der Waals surface area (Å²) in [6, 6.07) is 10.1. The molecular formula is C23H22N2O7. The largest absolute Gasteiger partial charge is 0.500 e. The van der Waals surface area contributed by atoms with Gasteiger partial charge in [-0.2, -0.15) is 0 Å². The third kappa shape index (κ3) is 3.77. The first-order chi connectivity index (χ1) is 15.3. The van der Waals surface area contributed by atoms with Crippen molar-refractivity contribution >= 4 is 17.4 Å². The second-order valence-electron chi connectivity index (χ2n) is 7.85. The van der Waals surface area contributed by atoms with Crippen molar-refractivity contribution in [3.8, 4) is 17.2 Å². The number of rotatable bonds is 5. The number of carbonyl (C=O) groups is 2. The maximum absolute atomic E-state index is 13.2. The molecular weight excluding hydrogens is 416 g/mol. The normalized spacial score (nSPS) is 20.4. The number of allylic oxidation sites excluding steroid dienone is 2. The molecule has 0 radical (unpaired) electrons. The van der Waals surface area contributed by atoms with E-state index in [4.69, 9.17) is 9.47 Å². The number of methoxy groups -OCH3 is 2. The van der Waals surface area contributed by atoms with Gasteiger partial charge in [0.25, 0.3) is 0 Å². The molecule has 9 heteroatoms. The summed E-state index contributed by atoms with van der Waals surface area (Å²) in [4.78, 5) is 36.4. The molecule has 4 rings (SSSR count). The van der Waals surface area contributed by atoms with Crippen LogP contribution in [0.25, 0.3) is 0 Å². The molecule has 0 unspecified atom stereocenters. The maximum atomic E-state index is 13.2. The Morgan fingerprint density at radius 1 is 1.03 bits per heavy atom. The van der Waals surface area contributed by atoms with E-state index in [0.717, 1.165) is 5.56 Å². The minimum absolute atomic E-state index is 0.0249. The highest BCUT2D eigenvalue weighted by Gasteiger charge is 2.39. The van der Waals surface area contributed by atoms with Crippen LogP contribution in [0.1, 0.15) is 42.2 Å². The number of Topliss-reactive ketones (excluding diaryl/α,β-unsaturated/α-hetero) is 1. The van der Waals surface area contributed by atoms with E-state index in [2.05, 4.69) is 5.32 Å². The van der Waals surface area contributed by atoms with E-state index in [1.165, 1.54) is 19.2 Å². The number of hydrogen-bond donors (Lipinski definition) is 2. The number of nitrogens with zero attached hydrogens (tertiary/aromatic N) is 1. The number of ketones is 1. The highest BCUT2D eigenvalue weighted by atomic mass is 16.6. The van der Waals surface area contributed by atoms with Gasteiger partial charge in [0.15, 0.2) is 11.5 Å². The number of phenols is 1. The van der Waals surface area contributed by atoms with E-state index in [9.17, 15) is 24.8 Å². The predicted octanol–water partition coefficient (Wildman–Crippen LogP) is 3.32. The molecule has 2 aromatic rings. The predicted molar refractivity (Wildman–Crippen MR) is 114 cm³/mol. The van der Waals surface area contributed by atoms with E-state index in [0.29, 0.717) is 29.0 Å². The highest BCUT2D eigenvalue weighted by Crippen LogP contribution is 2.46. The first-order valence-electron chi connectivity index (χ1n) is 10.1. The number of nitro benzene ring substituents is 1. The highest BCUT2D eigenvalue weighted by molar-refractivity contribution is 6.02. The molecule has 0 saturated heterocycles. The van der Waals surface area contributed by atoms with Crippen LogP contribution in [0.3, 0.4) is 0 Å². The van der Waals surface area contributed by atoms with E-state index < -0.39 is 22.3 Å². The summed E-state index contributed by atoms with van der Waals surface area (Å²) in [5, 5.41) is 24.3. The lowest BCUT2D eigenvalue weighted by Crippen LogP contribution is -2.38. The van der Waals surface area contributed by atoms with E-state index in [1.807, 2.05) is 24.3 Å². The molecule has 2 atom stereocenters. The number of benzene rings is 2. The molecule has 2 aliphatic rings. The lowest BCUT2D eigenvalue weighted by molar-refractivity contribution is -0.386. The van der Waals surface area contributed by atoms with Crippen molar-refractivity contribution in [2.75, 3.05) is 14.2 Å². The molecule has 0 saturated carbocycles.